The van der Waals surface area contributed by atoms with Gasteiger partial charge in [-0.05, 0) is 51.8 Å². The van der Waals surface area contributed by atoms with Gasteiger partial charge in [-0.2, -0.15) is 0 Å². The van der Waals surface area contributed by atoms with Gasteiger partial charge in [0, 0.05) is 12.1 Å². The van der Waals surface area contributed by atoms with Crippen LogP contribution in [0.1, 0.15) is 49.4 Å². The molecule has 1 aromatic heterocycles. The number of benzene rings is 2. The minimum Gasteiger partial charge on any atom is -0.444 e. The van der Waals surface area contributed by atoms with Crippen molar-refractivity contribution < 1.29 is 18.7 Å². The lowest BCUT2D eigenvalue weighted by molar-refractivity contribution is -0.113. The van der Waals surface area contributed by atoms with Gasteiger partial charge < -0.3 is 19.8 Å². The molecule has 0 unspecified atom stereocenters. The number of thioether (sulfide) groups is 1. The summed E-state index contributed by atoms with van der Waals surface area (Å²) >= 11 is 1.13. The van der Waals surface area contributed by atoms with E-state index in [4.69, 9.17) is 9.15 Å². The summed E-state index contributed by atoms with van der Waals surface area (Å²) < 4.78 is 11.2. The van der Waals surface area contributed by atoms with E-state index in [1.807, 2.05) is 62.4 Å². The fraction of sp³-hybridized carbons (Fsp3) is 0.360. The molecule has 1 atom stereocenters. The summed E-state index contributed by atoms with van der Waals surface area (Å²) in [6.07, 6.45) is -0.131. The van der Waals surface area contributed by atoms with E-state index in [0.29, 0.717) is 6.42 Å². The molecule has 34 heavy (non-hydrogen) atoms. The zero-order valence-electron chi connectivity index (χ0n) is 20.0. The second-order valence-electron chi connectivity index (χ2n) is 8.95. The zero-order valence-corrected chi connectivity index (χ0v) is 20.9. The lowest BCUT2D eigenvalue weighted by Gasteiger charge is -2.22. The number of amides is 2. The first kappa shape index (κ1) is 25.3. The summed E-state index contributed by atoms with van der Waals surface area (Å²) in [4.78, 5) is 24.8. The second-order valence-corrected chi connectivity index (χ2v) is 9.88. The van der Waals surface area contributed by atoms with E-state index >= 15 is 0 Å². The number of aryl methyl sites for hydroxylation is 2. The number of carbonyl (C=O) groups is 2. The fourth-order valence-electron chi connectivity index (χ4n) is 3.19. The molecule has 0 aliphatic rings. The van der Waals surface area contributed by atoms with Gasteiger partial charge >= 0.3 is 6.09 Å². The molecule has 0 radical (unpaired) electrons. The molecule has 3 rings (SSSR count). The molecule has 2 N–H and O–H groups in total. The molecule has 2 amide bonds. The van der Waals surface area contributed by atoms with Crippen molar-refractivity contribution in [1.29, 1.82) is 0 Å². The maximum absolute atomic E-state index is 12.4. The maximum Gasteiger partial charge on any atom is 0.408 e. The third-order valence-corrected chi connectivity index (χ3v) is 5.49. The van der Waals surface area contributed by atoms with Crippen LogP contribution in [0, 0.1) is 13.8 Å². The number of ether oxygens (including phenoxy) is 1. The van der Waals surface area contributed by atoms with Crippen molar-refractivity contribution in [2.24, 2.45) is 0 Å². The molecule has 0 bridgehead atoms. The van der Waals surface area contributed by atoms with E-state index in [0.717, 1.165) is 34.1 Å². The summed E-state index contributed by atoms with van der Waals surface area (Å²) in [6, 6.07) is 14.9. The van der Waals surface area contributed by atoms with Crippen LogP contribution in [0.4, 0.5) is 10.5 Å². The number of hydrogen-bond acceptors (Lipinski definition) is 7. The molecule has 0 aliphatic heterocycles. The largest absolute Gasteiger partial charge is 0.444 e. The van der Waals surface area contributed by atoms with Crippen LogP contribution < -0.4 is 10.6 Å². The van der Waals surface area contributed by atoms with Gasteiger partial charge in [-0.3, -0.25) is 4.79 Å². The number of aromatic nitrogens is 2. The molecule has 8 nitrogen and oxygen atoms in total. The van der Waals surface area contributed by atoms with Crippen LogP contribution in [0.5, 0.6) is 0 Å². The number of carbonyl (C=O) groups excluding carboxylic acids is 2. The van der Waals surface area contributed by atoms with E-state index in [2.05, 4.69) is 20.8 Å². The van der Waals surface area contributed by atoms with E-state index in [1.54, 1.807) is 20.8 Å². The minimum absolute atomic E-state index is 0.109. The summed E-state index contributed by atoms with van der Waals surface area (Å²) in [7, 11) is 0. The molecule has 9 heteroatoms. The Bertz CT molecular complexity index is 1130. The minimum atomic E-state index is -0.638. The number of anilines is 1. The number of nitrogens with one attached hydrogen (secondary N) is 2. The molecule has 180 valence electrons. The monoisotopic (exact) mass is 482 g/mol. The predicted octanol–water partition coefficient (Wildman–Crippen LogP) is 5.23. The van der Waals surface area contributed by atoms with Crippen molar-refractivity contribution in [2.75, 3.05) is 11.1 Å². The first-order valence-corrected chi connectivity index (χ1v) is 11.9. The standard InChI is InChI=1S/C25H30N4O4S/c1-16-11-12-19(17(2)13-16)26-21(30)15-34-24-29-28-22(32-24)20(14-18-9-7-6-8-10-18)27-23(31)33-25(3,4)5/h6-13,20H,14-15H2,1-5H3,(H,26,30)(H,27,31)/t20-/m0/s1. The highest BCUT2D eigenvalue weighted by molar-refractivity contribution is 7.99. The summed E-state index contributed by atoms with van der Waals surface area (Å²) in [6.45, 7) is 9.34. The van der Waals surface area contributed by atoms with Gasteiger partial charge in [-0.1, -0.05) is 59.8 Å². The topological polar surface area (TPSA) is 106 Å². The van der Waals surface area contributed by atoms with Crippen LogP contribution in [0.15, 0.2) is 58.2 Å². The molecule has 1 heterocycles. The highest BCUT2D eigenvalue weighted by Crippen LogP contribution is 2.24. The van der Waals surface area contributed by atoms with Crippen LogP contribution in [0.2, 0.25) is 0 Å². The second kappa shape index (κ2) is 11.2. The van der Waals surface area contributed by atoms with Crippen molar-refractivity contribution in [1.82, 2.24) is 15.5 Å². The molecule has 0 fully saturated rings. The summed E-state index contributed by atoms with van der Waals surface area (Å²) in [5.41, 5.74) is 3.25. The maximum atomic E-state index is 12.4. The number of hydrogen-bond donors (Lipinski definition) is 2. The van der Waals surface area contributed by atoms with Gasteiger partial charge in [0.2, 0.25) is 11.8 Å². The smallest absolute Gasteiger partial charge is 0.408 e. The lowest BCUT2D eigenvalue weighted by Crippen LogP contribution is -2.36. The van der Waals surface area contributed by atoms with Gasteiger partial charge in [0.15, 0.2) is 0 Å². The van der Waals surface area contributed by atoms with Crippen LogP contribution in [-0.2, 0) is 16.0 Å². The van der Waals surface area contributed by atoms with E-state index < -0.39 is 17.7 Å². The van der Waals surface area contributed by atoms with Gasteiger partial charge in [-0.15, -0.1) is 10.2 Å². The highest BCUT2D eigenvalue weighted by Gasteiger charge is 2.25. The van der Waals surface area contributed by atoms with Crippen LogP contribution in [-0.4, -0.2) is 33.6 Å². The number of alkyl carbamates (subject to hydrolysis) is 1. The molecule has 0 saturated carbocycles. The predicted molar refractivity (Wildman–Crippen MR) is 132 cm³/mol. The Balaban J connectivity index is 1.65. The zero-order chi connectivity index (χ0) is 24.7. The Morgan fingerprint density at radius 1 is 1.09 bits per heavy atom. The average Bonchev–Trinajstić information content (AvgIpc) is 3.22. The first-order chi connectivity index (χ1) is 16.1. The molecule has 0 aliphatic carbocycles. The molecule has 2 aromatic carbocycles. The molecular weight excluding hydrogens is 452 g/mol. The van der Waals surface area contributed by atoms with Crippen molar-refractivity contribution in [3.8, 4) is 0 Å². The van der Waals surface area contributed by atoms with Gasteiger partial charge in [0.1, 0.15) is 11.6 Å². The Morgan fingerprint density at radius 2 is 1.82 bits per heavy atom. The normalized spacial score (nSPS) is 12.1. The third kappa shape index (κ3) is 7.91. The molecule has 0 spiro atoms. The fourth-order valence-corrected chi connectivity index (χ4v) is 3.76. The molecule has 3 aromatic rings. The SMILES string of the molecule is Cc1ccc(NC(=O)CSc2nnc([C@H](Cc3ccccc3)NC(=O)OC(C)(C)C)o2)c(C)c1. The van der Waals surface area contributed by atoms with Crippen LogP contribution in [0.25, 0.3) is 0 Å². The Morgan fingerprint density at radius 3 is 2.50 bits per heavy atom. The summed E-state index contributed by atoms with van der Waals surface area (Å²) in [5.74, 6) is 0.175. The number of rotatable bonds is 8. The van der Waals surface area contributed by atoms with Gasteiger partial charge in [-0.25, -0.2) is 4.79 Å². The van der Waals surface area contributed by atoms with Crippen molar-refractivity contribution >= 4 is 29.4 Å². The van der Waals surface area contributed by atoms with Gasteiger partial charge in [0.25, 0.3) is 5.22 Å². The Labute approximate surface area is 203 Å². The number of nitrogens with zero attached hydrogens (tertiary/aromatic N) is 2. The van der Waals surface area contributed by atoms with E-state index in [-0.39, 0.29) is 22.8 Å². The van der Waals surface area contributed by atoms with Gasteiger partial charge in [0.05, 0.1) is 5.75 Å². The molecular formula is C25H30N4O4S. The molecule has 0 saturated heterocycles. The highest BCUT2D eigenvalue weighted by atomic mass is 32.2. The Kier molecular flexibility index (Phi) is 8.33. The van der Waals surface area contributed by atoms with Crippen molar-refractivity contribution in [3.05, 3.63) is 71.1 Å². The Hall–Kier alpha value is -3.33. The van der Waals surface area contributed by atoms with Crippen LogP contribution >= 0.6 is 11.8 Å². The van der Waals surface area contributed by atoms with E-state index in [9.17, 15) is 9.59 Å². The summed E-state index contributed by atoms with van der Waals surface area (Å²) in [5, 5.41) is 14.1. The van der Waals surface area contributed by atoms with E-state index in [1.165, 1.54) is 0 Å². The average molecular weight is 483 g/mol. The van der Waals surface area contributed by atoms with Crippen molar-refractivity contribution in [3.63, 3.8) is 0 Å². The van der Waals surface area contributed by atoms with Crippen molar-refractivity contribution in [2.45, 2.75) is 57.9 Å². The quantitative estimate of drug-likeness (QED) is 0.424. The third-order valence-electron chi connectivity index (χ3n) is 4.68. The first-order valence-electron chi connectivity index (χ1n) is 11.0. The van der Waals surface area contributed by atoms with Crippen LogP contribution in [0.3, 0.4) is 0 Å². The lowest BCUT2D eigenvalue weighted by atomic mass is 10.1.